The lowest BCUT2D eigenvalue weighted by Crippen LogP contribution is -2.06. The number of nitrogens with one attached hydrogen (secondary N) is 1. The summed E-state index contributed by atoms with van der Waals surface area (Å²) in [4.78, 5) is 15.4. The molecule has 0 saturated heterocycles. The second-order valence-electron chi connectivity index (χ2n) is 4.38. The fourth-order valence-corrected chi connectivity index (χ4v) is 2.15. The second kappa shape index (κ2) is 5.00. The molecule has 1 N–H and O–H groups in total. The van der Waals surface area contributed by atoms with Gasteiger partial charge in [0.1, 0.15) is 0 Å². The molecule has 0 aliphatic carbocycles. The van der Waals surface area contributed by atoms with E-state index in [0.717, 1.165) is 28.1 Å². The Labute approximate surface area is 107 Å². The largest absolute Gasteiger partial charge is 0.326 e. The van der Waals surface area contributed by atoms with Crippen LogP contribution in [0.25, 0.3) is 11.3 Å². The number of hydrogen-bond acceptors (Lipinski definition) is 2. The first kappa shape index (κ1) is 12.3. The Morgan fingerprint density at radius 1 is 1.17 bits per heavy atom. The Morgan fingerprint density at radius 2 is 1.83 bits per heavy atom. The molecule has 1 heterocycles. The van der Waals surface area contributed by atoms with Crippen LogP contribution in [-0.2, 0) is 4.79 Å². The van der Waals surface area contributed by atoms with E-state index in [2.05, 4.69) is 10.3 Å². The average Bonchev–Trinajstić information content (AvgIpc) is 2.28. The first-order valence-corrected chi connectivity index (χ1v) is 5.88. The maximum absolute atomic E-state index is 11.1. The van der Waals surface area contributed by atoms with Crippen molar-refractivity contribution in [3.8, 4) is 11.3 Å². The fraction of sp³-hybridized carbons (Fsp3) is 0.200. The predicted molar refractivity (Wildman–Crippen MR) is 73.5 cm³/mol. The number of amides is 1. The molecule has 0 aliphatic heterocycles. The third-order valence-corrected chi connectivity index (χ3v) is 2.77. The Kier molecular flexibility index (Phi) is 3.42. The monoisotopic (exact) mass is 240 g/mol. The van der Waals surface area contributed by atoms with E-state index in [1.54, 1.807) is 6.20 Å². The van der Waals surface area contributed by atoms with Gasteiger partial charge in [-0.2, -0.15) is 0 Å². The van der Waals surface area contributed by atoms with Crippen LogP contribution in [0.1, 0.15) is 18.1 Å². The minimum absolute atomic E-state index is 0.0561. The number of carbonyl (C=O) groups is 1. The summed E-state index contributed by atoms with van der Waals surface area (Å²) in [5, 5.41) is 2.81. The highest BCUT2D eigenvalue weighted by Gasteiger charge is 2.08. The zero-order valence-electron chi connectivity index (χ0n) is 10.8. The van der Waals surface area contributed by atoms with E-state index < -0.39 is 0 Å². The molecule has 1 aromatic heterocycles. The SMILES string of the molecule is CC(=O)Nc1cc(C)c(-c2ccccn2)c(C)c1. The van der Waals surface area contributed by atoms with Crippen LogP contribution in [0.2, 0.25) is 0 Å². The van der Waals surface area contributed by atoms with E-state index in [-0.39, 0.29) is 5.91 Å². The molecule has 0 spiro atoms. The molecule has 2 aromatic rings. The average molecular weight is 240 g/mol. The molecular weight excluding hydrogens is 224 g/mol. The van der Waals surface area contributed by atoms with E-state index >= 15 is 0 Å². The van der Waals surface area contributed by atoms with Crippen LogP contribution in [0.5, 0.6) is 0 Å². The van der Waals surface area contributed by atoms with Crippen LogP contribution in [0, 0.1) is 13.8 Å². The summed E-state index contributed by atoms with van der Waals surface area (Å²) in [5.41, 5.74) is 5.14. The molecule has 0 radical (unpaired) electrons. The summed E-state index contributed by atoms with van der Waals surface area (Å²) in [6.45, 7) is 5.57. The number of aromatic nitrogens is 1. The van der Waals surface area contributed by atoms with Crippen molar-refractivity contribution in [1.29, 1.82) is 0 Å². The smallest absolute Gasteiger partial charge is 0.221 e. The lowest BCUT2D eigenvalue weighted by Gasteiger charge is -2.12. The molecule has 92 valence electrons. The number of pyridine rings is 1. The fourth-order valence-electron chi connectivity index (χ4n) is 2.15. The zero-order valence-corrected chi connectivity index (χ0v) is 10.8. The third kappa shape index (κ3) is 2.56. The molecule has 1 amide bonds. The highest BCUT2D eigenvalue weighted by Crippen LogP contribution is 2.28. The van der Waals surface area contributed by atoms with E-state index in [1.807, 2.05) is 44.2 Å². The number of hydrogen-bond donors (Lipinski definition) is 1. The number of nitrogens with zero attached hydrogens (tertiary/aromatic N) is 1. The van der Waals surface area contributed by atoms with Gasteiger partial charge < -0.3 is 5.32 Å². The molecule has 0 fully saturated rings. The first-order chi connectivity index (χ1) is 8.58. The predicted octanol–water partition coefficient (Wildman–Crippen LogP) is 3.32. The molecule has 2 rings (SSSR count). The number of benzene rings is 1. The van der Waals surface area contributed by atoms with Gasteiger partial charge in [0.2, 0.25) is 5.91 Å². The van der Waals surface area contributed by atoms with Gasteiger partial charge in [-0.05, 0) is 49.2 Å². The summed E-state index contributed by atoms with van der Waals surface area (Å²) in [7, 11) is 0. The van der Waals surface area contributed by atoms with Crippen molar-refractivity contribution >= 4 is 11.6 Å². The number of rotatable bonds is 2. The number of carbonyl (C=O) groups excluding carboxylic acids is 1. The van der Waals surface area contributed by atoms with Gasteiger partial charge in [-0.25, -0.2) is 0 Å². The minimum atomic E-state index is -0.0561. The molecule has 18 heavy (non-hydrogen) atoms. The maximum Gasteiger partial charge on any atom is 0.221 e. The Hall–Kier alpha value is -2.16. The lowest BCUT2D eigenvalue weighted by atomic mass is 9.98. The van der Waals surface area contributed by atoms with E-state index in [1.165, 1.54) is 6.92 Å². The second-order valence-corrected chi connectivity index (χ2v) is 4.38. The Bertz CT molecular complexity index is 553. The summed E-state index contributed by atoms with van der Waals surface area (Å²) in [6, 6.07) is 9.81. The van der Waals surface area contributed by atoms with Crippen LogP contribution in [0.3, 0.4) is 0 Å². The van der Waals surface area contributed by atoms with Gasteiger partial charge in [-0.15, -0.1) is 0 Å². The van der Waals surface area contributed by atoms with Crippen molar-refractivity contribution in [3.63, 3.8) is 0 Å². The standard InChI is InChI=1S/C15H16N2O/c1-10-8-13(17-12(3)18)9-11(2)15(10)14-6-4-5-7-16-14/h4-9H,1-3H3,(H,17,18). The van der Waals surface area contributed by atoms with Crippen LogP contribution in [0.4, 0.5) is 5.69 Å². The summed E-state index contributed by atoms with van der Waals surface area (Å²) >= 11 is 0. The number of aryl methyl sites for hydroxylation is 2. The molecular formula is C15H16N2O. The van der Waals surface area contributed by atoms with Crippen LogP contribution in [-0.4, -0.2) is 10.9 Å². The first-order valence-electron chi connectivity index (χ1n) is 5.88. The third-order valence-electron chi connectivity index (χ3n) is 2.77. The topological polar surface area (TPSA) is 42.0 Å². The minimum Gasteiger partial charge on any atom is -0.326 e. The van der Waals surface area contributed by atoms with Gasteiger partial charge in [-0.1, -0.05) is 6.07 Å². The van der Waals surface area contributed by atoms with Crippen LogP contribution in [0.15, 0.2) is 36.5 Å². The van der Waals surface area contributed by atoms with Gasteiger partial charge in [0.25, 0.3) is 0 Å². The van der Waals surface area contributed by atoms with Gasteiger partial charge in [0.15, 0.2) is 0 Å². The van der Waals surface area contributed by atoms with Crippen molar-refractivity contribution in [3.05, 3.63) is 47.7 Å². The lowest BCUT2D eigenvalue weighted by molar-refractivity contribution is -0.114. The van der Waals surface area contributed by atoms with Gasteiger partial charge in [0.05, 0.1) is 5.69 Å². The Morgan fingerprint density at radius 3 is 2.33 bits per heavy atom. The van der Waals surface area contributed by atoms with E-state index in [9.17, 15) is 4.79 Å². The van der Waals surface area contributed by atoms with Crippen molar-refractivity contribution < 1.29 is 4.79 Å². The maximum atomic E-state index is 11.1. The highest BCUT2D eigenvalue weighted by atomic mass is 16.1. The normalized spacial score (nSPS) is 10.2. The Balaban J connectivity index is 2.48. The van der Waals surface area contributed by atoms with Gasteiger partial charge >= 0.3 is 0 Å². The van der Waals surface area contributed by atoms with Crippen molar-refractivity contribution in [2.24, 2.45) is 0 Å². The van der Waals surface area contributed by atoms with Crippen LogP contribution < -0.4 is 5.32 Å². The van der Waals surface area contributed by atoms with E-state index in [0.29, 0.717) is 0 Å². The van der Waals surface area contributed by atoms with Crippen molar-refractivity contribution in [2.45, 2.75) is 20.8 Å². The molecule has 0 saturated carbocycles. The molecule has 0 atom stereocenters. The number of anilines is 1. The summed E-state index contributed by atoms with van der Waals surface area (Å²) in [5.74, 6) is -0.0561. The molecule has 3 nitrogen and oxygen atoms in total. The quantitative estimate of drug-likeness (QED) is 0.874. The summed E-state index contributed by atoms with van der Waals surface area (Å²) in [6.07, 6.45) is 1.79. The van der Waals surface area contributed by atoms with Gasteiger partial charge in [-0.3, -0.25) is 9.78 Å². The molecule has 0 bridgehead atoms. The van der Waals surface area contributed by atoms with Crippen molar-refractivity contribution in [1.82, 2.24) is 4.98 Å². The van der Waals surface area contributed by atoms with E-state index in [4.69, 9.17) is 0 Å². The molecule has 0 unspecified atom stereocenters. The molecule has 0 aliphatic rings. The van der Waals surface area contributed by atoms with Crippen LogP contribution >= 0.6 is 0 Å². The molecule has 1 aromatic carbocycles. The zero-order chi connectivity index (χ0) is 13.1. The van der Waals surface area contributed by atoms with Crippen molar-refractivity contribution in [2.75, 3.05) is 5.32 Å². The summed E-state index contributed by atoms with van der Waals surface area (Å²) < 4.78 is 0. The highest BCUT2D eigenvalue weighted by molar-refractivity contribution is 5.89. The molecule has 3 heteroatoms. The van der Waals surface area contributed by atoms with Gasteiger partial charge in [0, 0.05) is 24.4 Å².